The first-order chi connectivity index (χ1) is 6.15. The van der Waals surface area contributed by atoms with E-state index in [0.717, 1.165) is 0 Å². The molecule has 0 saturated carbocycles. The van der Waals surface area contributed by atoms with Gasteiger partial charge in [0.2, 0.25) is 0 Å². The first-order valence-electron chi connectivity index (χ1n) is 3.51. The van der Waals surface area contributed by atoms with Crippen LogP contribution < -0.4 is 10.1 Å². The Labute approximate surface area is 74.6 Å². The van der Waals surface area contributed by atoms with Crippen molar-refractivity contribution in [2.24, 2.45) is 0 Å². The van der Waals surface area contributed by atoms with E-state index in [1.165, 1.54) is 19.2 Å². The Hall–Kier alpha value is -1.91. The lowest BCUT2D eigenvalue weighted by molar-refractivity contribution is 0.209. The zero-order valence-electron chi connectivity index (χ0n) is 6.94. The van der Waals surface area contributed by atoms with Crippen LogP contribution in [0.15, 0.2) is 18.2 Å². The molecule has 1 rings (SSSR count). The Morgan fingerprint density at radius 3 is 2.77 bits per heavy atom. The first-order valence-corrected chi connectivity index (χ1v) is 3.51. The van der Waals surface area contributed by atoms with Crippen molar-refractivity contribution in [1.82, 2.24) is 0 Å². The van der Waals surface area contributed by atoms with E-state index >= 15 is 0 Å². The van der Waals surface area contributed by atoms with Crippen molar-refractivity contribution in [3.05, 3.63) is 18.2 Å². The second kappa shape index (κ2) is 3.66. The number of methoxy groups -OCH3 is 1. The smallest absolute Gasteiger partial charge is 0.409 e. The van der Waals surface area contributed by atoms with Crippen LogP contribution in [0.2, 0.25) is 0 Å². The lowest BCUT2D eigenvalue weighted by Gasteiger charge is -2.07. The maximum Gasteiger partial charge on any atom is 0.409 e. The van der Waals surface area contributed by atoms with Crippen LogP contribution in [0.1, 0.15) is 0 Å². The number of aromatic hydroxyl groups is 1. The quantitative estimate of drug-likeness (QED) is 0.607. The molecule has 0 aliphatic heterocycles. The molecular weight excluding hydrogens is 174 g/mol. The molecule has 0 heterocycles. The van der Waals surface area contributed by atoms with Gasteiger partial charge in [-0.25, -0.2) is 4.79 Å². The number of anilines is 1. The maximum absolute atomic E-state index is 10.3. The molecule has 3 N–H and O–H groups in total. The van der Waals surface area contributed by atoms with Crippen LogP contribution in [0, 0.1) is 0 Å². The minimum Gasteiger partial charge on any atom is -0.503 e. The van der Waals surface area contributed by atoms with Crippen LogP contribution in [-0.4, -0.2) is 23.4 Å². The lowest BCUT2D eigenvalue weighted by Crippen LogP contribution is -2.07. The molecule has 0 radical (unpaired) electrons. The summed E-state index contributed by atoms with van der Waals surface area (Å²) in [7, 11) is 1.39. The minimum absolute atomic E-state index is 0.104. The summed E-state index contributed by atoms with van der Waals surface area (Å²) in [6, 6.07) is 4.54. The van der Waals surface area contributed by atoms with E-state index in [1.54, 1.807) is 6.07 Å². The normalized spacial score (nSPS) is 9.31. The zero-order valence-corrected chi connectivity index (χ0v) is 6.94. The highest BCUT2D eigenvalue weighted by Gasteiger charge is 2.08. The Bertz CT molecular complexity index is 324. The highest BCUT2D eigenvalue weighted by atomic mass is 16.5. The molecule has 0 aliphatic rings. The number of hydrogen-bond donors (Lipinski definition) is 3. The third-order valence-corrected chi connectivity index (χ3v) is 1.46. The summed E-state index contributed by atoms with van der Waals surface area (Å²) in [5.74, 6) is 0.0126. The Morgan fingerprint density at radius 1 is 1.54 bits per heavy atom. The third-order valence-electron chi connectivity index (χ3n) is 1.46. The summed E-state index contributed by atoms with van der Waals surface area (Å²) in [6.45, 7) is 0. The highest BCUT2D eigenvalue weighted by Crippen LogP contribution is 2.33. The molecule has 70 valence electrons. The summed E-state index contributed by atoms with van der Waals surface area (Å²) in [6.07, 6.45) is -1.23. The summed E-state index contributed by atoms with van der Waals surface area (Å²) < 4.78 is 4.78. The highest BCUT2D eigenvalue weighted by molar-refractivity contribution is 5.85. The molecule has 1 aromatic rings. The van der Waals surface area contributed by atoms with Gasteiger partial charge in [-0.05, 0) is 12.1 Å². The molecule has 13 heavy (non-hydrogen) atoms. The van der Waals surface area contributed by atoms with Crippen LogP contribution in [0.5, 0.6) is 11.5 Å². The van der Waals surface area contributed by atoms with Gasteiger partial charge >= 0.3 is 6.09 Å². The van der Waals surface area contributed by atoms with Crippen LogP contribution in [0.4, 0.5) is 10.5 Å². The van der Waals surface area contributed by atoms with Gasteiger partial charge in [0.15, 0.2) is 11.5 Å². The van der Waals surface area contributed by atoms with Crippen molar-refractivity contribution in [2.45, 2.75) is 0 Å². The number of amides is 1. The monoisotopic (exact) mass is 183 g/mol. The average Bonchev–Trinajstić information content (AvgIpc) is 2.08. The summed E-state index contributed by atoms with van der Waals surface area (Å²) in [5.41, 5.74) is 0.104. The third kappa shape index (κ3) is 2.02. The minimum atomic E-state index is -1.23. The predicted molar refractivity (Wildman–Crippen MR) is 46.3 cm³/mol. The fourth-order valence-corrected chi connectivity index (χ4v) is 0.903. The molecule has 0 aromatic heterocycles. The van der Waals surface area contributed by atoms with Gasteiger partial charge in [-0.15, -0.1) is 0 Å². The van der Waals surface area contributed by atoms with Gasteiger partial charge in [0.05, 0.1) is 12.8 Å². The van der Waals surface area contributed by atoms with E-state index in [-0.39, 0.29) is 17.2 Å². The number of benzene rings is 1. The molecule has 0 bridgehead atoms. The molecule has 0 atom stereocenters. The van der Waals surface area contributed by atoms with E-state index in [1.807, 2.05) is 5.32 Å². The van der Waals surface area contributed by atoms with Gasteiger partial charge < -0.3 is 14.9 Å². The summed E-state index contributed by atoms with van der Waals surface area (Å²) in [4.78, 5) is 10.3. The average molecular weight is 183 g/mol. The summed E-state index contributed by atoms with van der Waals surface area (Å²) in [5, 5.41) is 19.8. The molecule has 1 amide bonds. The van der Waals surface area contributed by atoms with Crippen LogP contribution >= 0.6 is 0 Å². The first kappa shape index (κ1) is 9.18. The standard InChI is InChI=1S/C8H9NO4/c1-13-6-4-2-3-5(7(6)10)9-8(11)12/h2-4,9-10H,1H3,(H,11,12). The van der Waals surface area contributed by atoms with Gasteiger partial charge in [-0.1, -0.05) is 6.07 Å². The van der Waals surface area contributed by atoms with Crippen molar-refractivity contribution < 1.29 is 19.7 Å². The van der Waals surface area contributed by atoms with Gasteiger partial charge in [-0.2, -0.15) is 0 Å². The van der Waals surface area contributed by atoms with E-state index < -0.39 is 6.09 Å². The van der Waals surface area contributed by atoms with Crippen molar-refractivity contribution in [3.8, 4) is 11.5 Å². The van der Waals surface area contributed by atoms with Crippen molar-refractivity contribution in [3.63, 3.8) is 0 Å². The van der Waals surface area contributed by atoms with Gasteiger partial charge in [0.25, 0.3) is 0 Å². The van der Waals surface area contributed by atoms with Gasteiger partial charge in [-0.3, -0.25) is 5.32 Å². The second-order valence-electron chi connectivity index (χ2n) is 2.29. The number of hydrogen-bond acceptors (Lipinski definition) is 3. The zero-order chi connectivity index (χ0) is 9.84. The van der Waals surface area contributed by atoms with Crippen molar-refractivity contribution in [2.75, 3.05) is 12.4 Å². The van der Waals surface area contributed by atoms with Gasteiger partial charge in [0.1, 0.15) is 0 Å². The largest absolute Gasteiger partial charge is 0.503 e. The number of para-hydroxylation sites is 1. The van der Waals surface area contributed by atoms with Crippen LogP contribution in [0.25, 0.3) is 0 Å². The molecule has 5 nitrogen and oxygen atoms in total. The van der Waals surface area contributed by atoms with E-state index in [9.17, 15) is 9.90 Å². The van der Waals surface area contributed by atoms with Gasteiger partial charge in [0, 0.05) is 0 Å². The molecule has 0 fully saturated rings. The van der Waals surface area contributed by atoms with E-state index in [4.69, 9.17) is 9.84 Å². The van der Waals surface area contributed by atoms with E-state index in [0.29, 0.717) is 0 Å². The van der Waals surface area contributed by atoms with Crippen molar-refractivity contribution >= 4 is 11.8 Å². The number of carboxylic acid groups (broad SMARTS) is 1. The SMILES string of the molecule is COc1cccc(NC(=O)O)c1O. The maximum atomic E-state index is 10.3. The molecular formula is C8H9NO4. The number of nitrogens with one attached hydrogen (secondary N) is 1. The Balaban J connectivity index is 3.01. The number of phenols is 1. The molecule has 0 unspecified atom stereocenters. The van der Waals surface area contributed by atoms with Crippen LogP contribution in [-0.2, 0) is 0 Å². The predicted octanol–water partition coefficient (Wildman–Crippen LogP) is 1.49. The number of carbonyl (C=O) groups is 1. The Kier molecular flexibility index (Phi) is 2.59. The molecule has 0 saturated heterocycles. The molecule has 0 aliphatic carbocycles. The van der Waals surface area contributed by atoms with E-state index in [2.05, 4.69) is 0 Å². The molecule has 1 aromatic carbocycles. The fraction of sp³-hybridized carbons (Fsp3) is 0.125. The number of ether oxygens (including phenoxy) is 1. The lowest BCUT2D eigenvalue weighted by atomic mass is 10.2. The second-order valence-corrected chi connectivity index (χ2v) is 2.29. The molecule has 5 heteroatoms. The van der Waals surface area contributed by atoms with Crippen LogP contribution in [0.3, 0.4) is 0 Å². The fourth-order valence-electron chi connectivity index (χ4n) is 0.903. The summed E-state index contributed by atoms with van der Waals surface area (Å²) >= 11 is 0. The topological polar surface area (TPSA) is 78.8 Å². The number of phenolic OH excluding ortho intramolecular Hbond substituents is 1. The van der Waals surface area contributed by atoms with Crippen molar-refractivity contribution in [1.29, 1.82) is 0 Å². The molecule has 0 spiro atoms. The Morgan fingerprint density at radius 2 is 2.23 bits per heavy atom. The number of rotatable bonds is 2.